The van der Waals surface area contributed by atoms with Gasteiger partial charge in [0, 0.05) is 23.8 Å². The Balaban J connectivity index is 1.76. The molecule has 0 spiro atoms. The lowest BCUT2D eigenvalue weighted by Crippen LogP contribution is -2.29. The summed E-state index contributed by atoms with van der Waals surface area (Å²) in [5.41, 5.74) is 0.318. The minimum absolute atomic E-state index is 0.00740. The van der Waals surface area contributed by atoms with E-state index in [4.69, 9.17) is 14.6 Å². The number of allylic oxidation sites excluding steroid dienone is 1. The van der Waals surface area contributed by atoms with Crippen molar-refractivity contribution in [3.8, 4) is 5.75 Å². The molecule has 2 heterocycles. The van der Waals surface area contributed by atoms with Gasteiger partial charge in [0.15, 0.2) is 5.76 Å². The molecule has 1 aliphatic heterocycles. The van der Waals surface area contributed by atoms with E-state index in [9.17, 15) is 9.90 Å². The Morgan fingerprint density at radius 1 is 1.31 bits per heavy atom. The van der Waals surface area contributed by atoms with E-state index in [0.29, 0.717) is 25.1 Å². The van der Waals surface area contributed by atoms with Gasteiger partial charge in [-0.15, -0.1) is 11.3 Å². The zero-order valence-corrected chi connectivity index (χ0v) is 14.9. The number of thiophene rings is 1. The van der Waals surface area contributed by atoms with E-state index in [2.05, 4.69) is 5.32 Å². The second kappa shape index (κ2) is 8.84. The highest BCUT2D eigenvalue weighted by Gasteiger charge is 2.29. The number of carbonyl (C=O) groups excluding carboxylic acids is 1. The van der Waals surface area contributed by atoms with Gasteiger partial charge in [0.2, 0.25) is 6.29 Å². The van der Waals surface area contributed by atoms with Crippen LogP contribution in [0, 0.1) is 0 Å². The van der Waals surface area contributed by atoms with E-state index in [0.717, 1.165) is 4.88 Å². The SMILES string of the molecule is O=C(Nc1ccccc1O)C1=C[C@H](c2cccs2)C[C@H](OCCCO)O1. The van der Waals surface area contributed by atoms with E-state index in [1.807, 2.05) is 17.5 Å². The first kappa shape index (κ1) is 18.4. The zero-order valence-electron chi connectivity index (χ0n) is 14.1. The van der Waals surface area contributed by atoms with Crippen LogP contribution in [0.4, 0.5) is 5.69 Å². The molecular weight excluding hydrogens is 354 g/mol. The maximum absolute atomic E-state index is 12.6. The molecule has 1 aromatic heterocycles. The lowest BCUT2D eigenvalue weighted by Gasteiger charge is -2.28. The Kier molecular flexibility index (Phi) is 6.27. The normalized spacial score (nSPS) is 19.5. The fourth-order valence-electron chi connectivity index (χ4n) is 2.66. The van der Waals surface area contributed by atoms with Crippen LogP contribution >= 0.6 is 11.3 Å². The largest absolute Gasteiger partial charge is 0.506 e. The molecule has 26 heavy (non-hydrogen) atoms. The summed E-state index contributed by atoms with van der Waals surface area (Å²) in [7, 11) is 0. The molecule has 2 aromatic rings. The molecule has 0 fully saturated rings. The molecule has 7 heteroatoms. The molecular formula is C19H21NO5S. The van der Waals surface area contributed by atoms with E-state index in [-0.39, 0.29) is 24.0 Å². The highest BCUT2D eigenvalue weighted by atomic mass is 32.1. The number of anilines is 1. The highest BCUT2D eigenvalue weighted by molar-refractivity contribution is 7.10. The Labute approximate surface area is 155 Å². The third-order valence-electron chi connectivity index (χ3n) is 3.95. The predicted octanol–water partition coefficient (Wildman–Crippen LogP) is 3.21. The number of para-hydroxylation sites is 2. The molecule has 1 aliphatic rings. The van der Waals surface area contributed by atoms with Crippen LogP contribution in [0.5, 0.6) is 5.75 Å². The maximum atomic E-state index is 12.6. The summed E-state index contributed by atoms with van der Waals surface area (Å²) in [6.45, 7) is 0.393. The van der Waals surface area contributed by atoms with Crippen LogP contribution in [0.1, 0.15) is 23.6 Å². The molecule has 0 radical (unpaired) electrons. The smallest absolute Gasteiger partial charge is 0.290 e. The van der Waals surface area contributed by atoms with Gasteiger partial charge < -0.3 is 25.0 Å². The number of nitrogens with one attached hydrogen (secondary N) is 1. The van der Waals surface area contributed by atoms with Gasteiger partial charge in [-0.1, -0.05) is 18.2 Å². The third kappa shape index (κ3) is 4.63. The first-order chi connectivity index (χ1) is 12.7. The van der Waals surface area contributed by atoms with E-state index < -0.39 is 12.2 Å². The zero-order chi connectivity index (χ0) is 18.4. The number of phenolic OH excluding ortho intramolecular Hbond substituents is 1. The van der Waals surface area contributed by atoms with E-state index >= 15 is 0 Å². The third-order valence-corrected chi connectivity index (χ3v) is 4.95. The van der Waals surface area contributed by atoms with Crippen molar-refractivity contribution in [2.24, 2.45) is 0 Å². The minimum atomic E-state index is -0.566. The van der Waals surface area contributed by atoms with Crippen molar-refractivity contribution in [1.82, 2.24) is 0 Å². The Morgan fingerprint density at radius 2 is 2.15 bits per heavy atom. The van der Waals surface area contributed by atoms with Crippen LogP contribution in [-0.2, 0) is 14.3 Å². The molecule has 2 atom stereocenters. The Bertz CT molecular complexity index is 759. The van der Waals surface area contributed by atoms with Gasteiger partial charge in [-0.2, -0.15) is 0 Å². The summed E-state index contributed by atoms with van der Waals surface area (Å²) >= 11 is 1.61. The molecule has 1 aromatic carbocycles. The minimum Gasteiger partial charge on any atom is -0.506 e. The van der Waals surface area contributed by atoms with Gasteiger partial charge in [0.05, 0.1) is 12.3 Å². The van der Waals surface area contributed by atoms with Crippen molar-refractivity contribution in [2.75, 3.05) is 18.5 Å². The van der Waals surface area contributed by atoms with Gasteiger partial charge in [-0.25, -0.2) is 0 Å². The van der Waals surface area contributed by atoms with Crippen LogP contribution in [0.2, 0.25) is 0 Å². The number of hydrogen-bond donors (Lipinski definition) is 3. The van der Waals surface area contributed by atoms with Crippen LogP contribution in [0.3, 0.4) is 0 Å². The van der Waals surface area contributed by atoms with Gasteiger partial charge >= 0.3 is 0 Å². The van der Waals surface area contributed by atoms with E-state index in [1.165, 1.54) is 6.07 Å². The number of rotatable bonds is 7. The maximum Gasteiger partial charge on any atom is 0.290 e. The first-order valence-corrected chi connectivity index (χ1v) is 9.29. The molecule has 0 aliphatic carbocycles. The molecule has 138 valence electrons. The number of hydrogen-bond acceptors (Lipinski definition) is 6. The second-order valence-corrected chi connectivity index (χ2v) is 6.83. The number of phenols is 1. The van der Waals surface area contributed by atoms with Crippen LogP contribution < -0.4 is 5.32 Å². The lowest BCUT2D eigenvalue weighted by atomic mass is 9.99. The second-order valence-electron chi connectivity index (χ2n) is 5.86. The van der Waals surface area contributed by atoms with Crippen molar-refractivity contribution in [1.29, 1.82) is 0 Å². The number of carbonyl (C=O) groups is 1. The van der Waals surface area contributed by atoms with Crippen molar-refractivity contribution in [2.45, 2.75) is 25.0 Å². The van der Waals surface area contributed by atoms with Gasteiger partial charge in [0.25, 0.3) is 5.91 Å². The van der Waals surface area contributed by atoms with Gasteiger partial charge in [0.1, 0.15) is 5.75 Å². The summed E-state index contributed by atoms with van der Waals surface area (Å²) in [5, 5.41) is 23.4. The molecule has 6 nitrogen and oxygen atoms in total. The van der Waals surface area contributed by atoms with Crippen LogP contribution in [-0.4, -0.2) is 35.6 Å². The average Bonchev–Trinajstić information content (AvgIpc) is 3.18. The number of aliphatic hydroxyl groups excluding tert-OH is 1. The average molecular weight is 375 g/mol. The standard InChI is InChI=1S/C19H21NO5S/c21-8-4-9-24-18-12-13(17-7-3-10-26-17)11-16(25-18)19(23)20-14-5-1-2-6-15(14)22/h1-3,5-7,10-11,13,18,21-22H,4,8-9,12H2,(H,20,23)/t13-,18+/m0/s1. The van der Waals surface area contributed by atoms with Crippen LogP contribution in [0.25, 0.3) is 0 Å². The summed E-state index contributed by atoms with van der Waals surface area (Å²) in [4.78, 5) is 13.7. The highest BCUT2D eigenvalue weighted by Crippen LogP contribution is 2.34. The summed E-state index contributed by atoms with van der Waals surface area (Å²) in [6, 6.07) is 10.5. The molecule has 0 saturated carbocycles. The fraction of sp³-hybridized carbons (Fsp3) is 0.316. The summed E-state index contributed by atoms with van der Waals surface area (Å²) < 4.78 is 11.4. The number of aromatic hydroxyl groups is 1. The van der Waals surface area contributed by atoms with Gasteiger partial charge in [-0.3, -0.25) is 4.79 Å². The molecule has 3 N–H and O–H groups in total. The molecule has 0 bridgehead atoms. The Morgan fingerprint density at radius 3 is 2.88 bits per heavy atom. The van der Waals surface area contributed by atoms with Crippen molar-refractivity contribution >= 4 is 22.9 Å². The van der Waals surface area contributed by atoms with Gasteiger partial charge in [-0.05, 0) is 36.1 Å². The van der Waals surface area contributed by atoms with Crippen molar-refractivity contribution in [3.05, 3.63) is 58.5 Å². The first-order valence-electron chi connectivity index (χ1n) is 8.41. The summed E-state index contributed by atoms with van der Waals surface area (Å²) in [6.07, 6.45) is 2.32. The van der Waals surface area contributed by atoms with Crippen molar-refractivity contribution in [3.63, 3.8) is 0 Å². The monoisotopic (exact) mass is 375 g/mol. The quantitative estimate of drug-likeness (QED) is 0.511. The lowest BCUT2D eigenvalue weighted by molar-refractivity contribution is -0.144. The number of amides is 1. The molecule has 0 unspecified atom stereocenters. The van der Waals surface area contributed by atoms with Crippen molar-refractivity contribution < 1.29 is 24.5 Å². The van der Waals surface area contributed by atoms with Crippen LogP contribution in [0.15, 0.2) is 53.6 Å². The molecule has 1 amide bonds. The Hall–Kier alpha value is -2.35. The number of ether oxygens (including phenoxy) is 2. The predicted molar refractivity (Wildman–Crippen MR) is 99.0 cm³/mol. The fourth-order valence-corrected chi connectivity index (χ4v) is 3.47. The topological polar surface area (TPSA) is 88.0 Å². The summed E-state index contributed by atoms with van der Waals surface area (Å²) in [5.74, 6) is -0.286. The molecule has 3 rings (SSSR count). The van der Waals surface area contributed by atoms with E-state index in [1.54, 1.807) is 35.6 Å². The molecule has 0 saturated heterocycles. The number of aliphatic hydroxyl groups is 1. The number of benzene rings is 1.